The predicted octanol–water partition coefficient (Wildman–Crippen LogP) is 3.89. The van der Waals surface area contributed by atoms with Crippen LogP contribution in [0.5, 0.6) is 0 Å². The first-order chi connectivity index (χ1) is 16.2. The smallest absolute Gasteiger partial charge is 0.228 e. The number of nitrogens with zero attached hydrogens (tertiary/aromatic N) is 5. The number of piperazine rings is 1. The SMILES string of the molecule is O=C(N1CCN(c2nc(-c3cccnc3)nc3c2CCC3)CC1)C12CC3CC(CC(C3)C1)C2. The molecule has 1 saturated heterocycles. The van der Waals surface area contributed by atoms with Crippen molar-refractivity contribution >= 4 is 11.7 Å². The van der Waals surface area contributed by atoms with Gasteiger partial charge in [0, 0.05) is 55.4 Å². The van der Waals surface area contributed by atoms with Crippen molar-refractivity contribution < 1.29 is 4.79 Å². The van der Waals surface area contributed by atoms with Gasteiger partial charge >= 0.3 is 0 Å². The van der Waals surface area contributed by atoms with Gasteiger partial charge in [-0.05, 0) is 87.7 Å². The van der Waals surface area contributed by atoms with Crippen LogP contribution in [0.15, 0.2) is 24.5 Å². The molecule has 1 aliphatic heterocycles. The molecule has 0 N–H and O–H groups in total. The molecule has 0 aromatic carbocycles. The molecule has 4 bridgehead atoms. The molecule has 33 heavy (non-hydrogen) atoms. The van der Waals surface area contributed by atoms with Gasteiger partial charge in [-0.15, -0.1) is 0 Å². The van der Waals surface area contributed by atoms with Crippen LogP contribution in [-0.2, 0) is 17.6 Å². The summed E-state index contributed by atoms with van der Waals surface area (Å²) in [6.45, 7) is 3.38. The fourth-order valence-electron chi connectivity index (χ4n) is 8.13. The topological polar surface area (TPSA) is 62.2 Å². The van der Waals surface area contributed by atoms with Gasteiger partial charge in [0.25, 0.3) is 0 Å². The van der Waals surface area contributed by atoms with E-state index >= 15 is 0 Å². The molecule has 3 heterocycles. The Hall–Kier alpha value is -2.50. The van der Waals surface area contributed by atoms with Crippen molar-refractivity contribution in [1.82, 2.24) is 19.9 Å². The second-order valence-electron chi connectivity index (χ2n) is 11.4. The fourth-order valence-corrected chi connectivity index (χ4v) is 8.13. The molecule has 5 fully saturated rings. The third-order valence-corrected chi connectivity index (χ3v) is 9.19. The lowest BCUT2D eigenvalue weighted by Gasteiger charge is -2.57. The number of rotatable bonds is 3. The molecule has 0 spiro atoms. The molecule has 6 heteroatoms. The molecule has 1 amide bonds. The van der Waals surface area contributed by atoms with Crippen LogP contribution in [0, 0.1) is 23.2 Å². The summed E-state index contributed by atoms with van der Waals surface area (Å²) in [7, 11) is 0. The molecule has 0 radical (unpaired) electrons. The lowest BCUT2D eigenvalue weighted by Crippen LogP contribution is -2.58. The second kappa shape index (κ2) is 7.51. The van der Waals surface area contributed by atoms with Gasteiger partial charge in [-0.1, -0.05) is 0 Å². The lowest BCUT2D eigenvalue weighted by atomic mass is 9.49. The summed E-state index contributed by atoms with van der Waals surface area (Å²) < 4.78 is 0. The van der Waals surface area contributed by atoms with Gasteiger partial charge in [-0.2, -0.15) is 0 Å². The molecule has 2 aromatic heterocycles. The maximum absolute atomic E-state index is 13.8. The van der Waals surface area contributed by atoms with Crippen LogP contribution in [0.2, 0.25) is 0 Å². The van der Waals surface area contributed by atoms with Crippen molar-refractivity contribution in [3.8, 4) is 11.4 Å². The Bertz CT molecular complexity index is 1040. The Morgan fingerprint density at radius 2 is 1.67 bits per heavy atom. The van der Waals surface area contributed by atoms with Crippen molar-refractivity contribution in [3.63, 3.8) is 0 Å². The van der Waals surface area contributed by atoms with E-state index in [2.05, 4.69) is 14.8 Å². The first-order valence-corrected chi connectivity index (χ1v) is 13.0. The monoisotopic (exact) mass is 443 g/mol. The van der Waals surface area contributed by atoms with E-state index in [0.717, 1.165) is 99.7 Å². The number of fused-ring (bicyclic) bond motifs is 1. The average Bonchev–Trinajstić information content (AvgIpc) is 3.32. The van der Waals surface area contributed by atoms with Crippen LogP contribution >= 0.6 is 0 Å². The second-order valence-corrected chi connectivity index (χ2v) is 11.4. The minimum Gasteiger partial charge on any atom is -0.353 e. The van der Waals surface area contributed by atoms with Gasteiger partial charge in [-0.25, -0.2) is 9.97 Å². The molecular weight excluding hydrogens is 410 g/mol. The lowest BCUT2D eigenvalue weighted by molar-refractivity contribution is -0.158. The number of anilines is 1. The Morgan fingerprint density at radius 1 is 0.939 bits per heavy atom. The van der Waals surface area contributed by atoms with E-state index < -0.39 is 0 Å². The van der Waals surface area contributed by atoms with Crippen LogP contribution in [0.25, 0.3) is 11.4 Å². The van der Waals surface area contributed by atoms with Crippen LogP contribution in [0.1, 0.15) is 56.2 Å². The normalized spacial score (nSPS) is 32.3. The summed E-state index contributed by atoms with van der Waals surface area (Å²) in [5.74, 6) is 4.80. The average molecular weight is 444 g/mol. The first kappa shape index (κ1) is 19.9. The Kier molecular flexibility index (Phi) is 4.53. The van der Waals surface area contributed by atoms with Gasteiger partial charge in [0.1, 0.15) is 5.82 Å². The van der Waals surface area contributed by atoms with Crippen LogP contribution < -0.4 is 4.90 Å². The summed E-state index contributed by atoms with van der Waals surface area (Å²) in [5.41, 5.74) is 3.47. The zero-order valence-corrected chi connectivity index (χ0v) is 19.4. The summed E-state index contributed by atoms with van der Waals surface area (Å²) in [6, 6.07) is 3.98. The highest BCUT2D eigenvalue weighted by Gasteiger charge is 2.55. The minimum absolute atomic E-state index is 0.0272. The highest BCUT2D eigenvalue weighted by atomic mass is 16.2. The summed E-state index contributed by atoms with van der Waals surface area (Å²) in [4.78, 5) is 32.6. The van der Waals surface area contributed by atoms with Crippen molar-refractivity contribution in [2.75, 3.05) is 31.1 Å². The minimum atomic E-state index is -0.0272. The van der Waals surface area contributed by atoms with Gasteiger partial charge in [-0.3, -0.25) is 9.78 Å². The van der Waals surface area contributed by atoms with Gasteiger partial charge in [0.15, 0.2) is 5.82 Å². The highest BCUT2D eigenvalue weighted by molar-refractivity contribution is 5.83. The van der Waals surface area contributed by atoms with Crippen LogP contribution in [0.4, 0.5) is 5.82 Å². The Labute approximate surface area is 195 Å². The summed E-state index contributed by atoms with van der Waals surface area (Å²) in [6.07, 6.45) is 14.5. The van der Waals surface area contributed by atoms with E-state index in [1.165, 1.54) is 30.5 Å². The van der Waals surface area contributed by atoms with Crippen LogP contribution in [0.3, 0.4) is 0 Å². The number of aromatic nitrogens is 3. The van der Waals surface area contributed by atoms with Crippen molar-refractivity contribution in [2.24, 2.45) is 23.2 Å². The van der Waals surface area contributed by atoms with E-state index in [-0.39, 0.29) is 5.41 Å². The molecule has 2 aromatic rings. The summed E-state index contributed by atoms with van der Waals surface area (Å²) in [5, 5.41) is 0. The number of hydrogen-bond donors (Lipinski definition) is 0. The molecule has 6 aliphatic rings. The van der Waals surface area contributed by atoms with Crippen molar-refractivity contribution in [1.29, 1.82) is 0 Å². The Morgan fingerprint density at radius 3 is 2.33 bits per heavy atom. The first-order valence-electron chi connectivity index (χ1n) is 13.0. The molecule has 4 saturated carbocycles. The maximum atomic E-state index is 13.8. The number of aryl methyl sites for hydroxylation is 1. The zero-order chi connectivity index (χ0) is 22.0. The zero-order valence-electron chi connectivity index (χ0n) is 19.4. The third-order valence-electron chi connectivity index (χ3n) is 9.19. The fraction of sp³-hybridized carbons (Fsp3) is 0.630. The molecule has 6 nitrogen and oxygen atoms in total. The molecule has 8 rings (SSSR count). The molecule has 0 atom stereocenters. The van der Waals surface area contributed by atoms with E-state index in [4.69, 9.17) is 9.97 Å². The molecule has 172 valence electrons. The number of hydrogen-bond acceptors (Lipinski definition) is 5. The predicted molar refractivity (Wildman–Crippen MR) is 127 cm³/mol. The van der Waals surface area contributed by atoms with Crippen molar-refractivity contribution in [2.45, 2.75) is 57.8 Å². The maximum Gasteiger partial charge on any atom is 0.228 e. The Balaban J connectivity index is 1.11. The van der Waals surface area contributed by atoms with Crippen LogP contribution in [-0.4, -0.2) is 51.9 Å². The van der Waals surface area contributed by atoms with Crippen molar-refractivity contribution in [3.05, 3.63) is 35.8 Å². The van der Waals surface area contributed by atoms with E-state index in [1.54, 1.807) is 6.20 Å². The molecular formula is C27H33N5O. The van der Waals surface area contributed by atoms with Gasteiger partial charge in [0.05, 0.1) is 5.41 Å². The number of carbonyl (C=O) groups is 1. The molecule has 0 unspecified atom stereocenters. The molecule has 5 aliphatic carbocycles. The van der Waals surface area contributed by atoms with E-state index in [0.29, 0.717) is 5.91 Å². The number of amides is 1. The number of carbonyl (C=O) groups excluding carboxylic acids is 1. The largest absolute Gasteiger partial charge is 0.353 e. The highest BCUT2D eigenvalue weighted by Crippen LogP contribution is 2.60. The standard InChI is InChI=1S/C27H33N5O/c33-26(27-14-18-11-19(15-27)13-20(12-18)16-27)32-9-7-31(8-10-32)25-22-4-1-5-23(22)29-24(30-25)21-3-2-6-28-17-21/h2-3,6,17-20H,1,4-5,7-16H2. The van der Waals surface area contributed by atoms with Gasteiger partial charge < -0.3 is 9.80 Å². The van der Waals surface area contributed by atoms with E-state index in [9.17, 15) is 4.79 Å². The van der Waals surface area contributed by atoms with Gasteiger partial charge in [0.2, 0.25) is 5.91 Å². The van der Waals surface area contributed by atoms with E-state index in [1.807, 2.05) is 18.3 Å². The quantitative estimate of drug-likeness (QED) is 0.720. The third kappa shape index (κ3) is 3.28. The summed E-state index contributed by atoms with van der Waals surface area (Å²) >= 11 is 0. The number of pyridine rings is 1.